The molecule has 1 fully saturated rings. The highest BCUT2D eigenvalue weighted by molar-refractivity contribution is 5.95. The first kappa shape index (κ1) is 20.7. The Morgan fingerprint density at radius 3 is 2.62 bits per heavy atom. The zero-order valence-electron chi connectivity index (χ0n) is 17.5. The summed E-state index contributed by atoms with van der Waals surface area (Å²) in [6.07, 6.45) is 9.40. The minimum absolute atomic E-state index is 0.215. The molecule has 0 aliphatic heterocycles. The summed E-state index contributed by atoms with van der Waals surface area (Å²) in [4.78, 5) is 8.72. The van der Waals surface area contributed by atoms with Gasteiger partial charge in [0.1, 0.15) is 5.75 Å². The Balaban J connectivity index is 1.72. The van der Waals surface area contributed by atoms with Crippen molar-refractivity contribution in [1.82, 2.24) is 10.3 Å². The molecule has 0 saturated heterocycles. The number of ether oxygens (including phenoxy) is 1. The molecule has 1 aliphatic rings. The van der Waals surface area contributed by atoms with Gasteiger partial charge < -0.3 is 14.5 Å². The zero-order chi connectivity index (χ0) is 20.9. The molecule has 0 unspecified atom stereocenters. The zero-order valence-corrected chi connectivity index (χ0v) is 17.5. The third kappa shape index (κ3) is 5.29. The van der Waals surface area contributed by atoms with Gasteiger partial charge in [0.2, 0.25) is 5.96 Å². The molecule has 0 radical (unpaired) electrons. The van der Waals surface area contributed by atoms with Crippen LogP contribution in [-0.2, 0) is 0 Å². The smallest absolute Gasteiger partial charge is 0.209 e. The summed E-state index contributed by atoms with van der Waals surface area (Å²) in [5.74, 6) is 2.46. The fourth-order valence-electron chi connectivity index (χ4n) is 3.86. The Kier molecular flexibility index (Phi) is 6.42. The molecule has 0 atom stereocenters. The van der Waals surface area contributed by atoms with Gasteiger partial charge in [-0.15, -0.1) is 0 Å². The number of methoxy groups -OCH3 is 1. The number of rotatable bonds is 4. The Morgan fingerprint density at radius 2 is 2.03 bits per heavy atom. The van der Waals surface area contributed by atoms with Gasteiger partial charge in [-0.05, 0) is 49.1 Å². The summed E-state index contributed by atoms with van der Waals surface area (Å²) < 4.78 is 10.9. The molecule has 1 aromatic heterocycles. The lowest BCUT2D eigenvalue weighted by atomic mass is 9.71. The van der Waals surface area contributed by atoms with E-state index in [1.165, 1.54) is 6.39 Å². The second-order valence-corrected chi connectivity index (χ2v) is 8.49. The number of aromatic nitrogens is 1. The Labute approximate surface area is 172 Å². The fourth-order valence-corrected chi connectivity index (χ4v) is 3.86. The number of nitrogens with zero attached hydrogens (tertiary/aromatic N) is 3. The van der Waals surface area contributed by atoms with E-state index in [1.807, 2.05) is 24.4 Å². The largest absolute Gasteiger partial charge is 0.496 e. The van der Waals surface area contributed by atoms with Crippen molar-refractivity contribution in [2.75, 3.05) is 12.4 Å². The van der Waals surface area contributed by atoms with Gasteiger partial charge in [0.15, 0.2) is 18.3 Å². The maximum absolute atomic E-state index is 9.14. The quantitative estimate of drug-likeness (QED) is 0.334. The van der Waals surface area contributed by atoms with E-state index in [-0.39, 0.29) is 6.04 Å². The standard InChI is InChI=1S/C22H29N5O2/c1-22(2,3)15-5-7-16(8-6-15)26-21(25-13-23)27-17-9-10-18(19(11-17)28-4)20-12-24-14-29-20/h9-12,14-16H,5-8H2,1-4H3,(H2,25,26,27). The molecule has 1 aliphatic carbocycles. The molecule has 0 amide bonds. The summed E-state index contributed by atoms with van der Waals surface area (Å²) >= 11 is 0. The lowest BCUT2D eigenvalue weighted by Gasteiger charge is -2.36. The van der Waals surface area contributed by atoms with Gasteiger partial charge in [0.05, 0.1) is 24.9 Å². The van der Waals surface area contributed by atoms with E-state index in [4.69, 9.17) is 19.4 Å². The van der Waals surface area contributed by atoms with Gasteiger partial charge >= 0.3 is 0 Å². The van der Waals surface area contributed by atoms with Crippen molar-refractivity contribution < 1.29 is 9.15 Å². The summed E-state index contributed by atoms with van der Waals surface area (Å²) in [6.45, 7) is 6.92. The number of nitriles is 1. The monoisotopic (exact) mass is 395 g/mol. The number of aliphatic imine (C=N–C) groups is 1. The van der Waals surface area contributed by atoms with Crippen molar-refractivity contribution in [3.63, 3.8) is 0 Å². The van der Waals surface area contributed by atoms with Crippen LogP contribution in [-0.4, -0.2) is 24.1 Å². The topological polar surface area (TPSA) is 95.5 Å². The van der Waals surface area contributed by atoms with E-state index in [0.29, 0.717) is 22.9 Å². The number of guanidine groups is 1. The minimum Gasteiger partial charge on any atom is -0.496 e. The number of hydrogen-bond donors (Lipinski definition) is 2. The normalized spacial score (nSPS) is 20.0. The van der Waals surface area contributed by atoms with Crippen LogP contribution < -0.4 is 15.4 Å². The van der Waals surface area contributed by atoms with Crippen LogP contribution >= 0.6 is 0 Å². The first-order valence-electron chi connectivity index (χ1n) is 9.97. The number of benzene rings is 1. The Bertz CT molecular complexity index is 870. The highest BCUT2D eigenvalue weighted by Gasteiger charge is 2.29. The third-order valence-corrected chi connectivity index (χ3v) is 5.57. The molecule has 7 nitrogen and oxygen atoms in total. The van der Waals surface area contributed by atoms with E-state index in [1.54, 1.807) is 13.3 Å². The Hall–Kier alpha value is -3.01. The minimum atomic E-state index is 0.215. The van der Waals surface area contributed by atoms with Gasteiger partial charge in [-0.1, -0.05) is 20.8 Å². The number of hydrogen-bond acceptors (Lipinski definition) is 5. The summed E-state index contributed by atoms with van der Waals surface area (Å²) in [7, 11) is 1.61. The number of nitrogens with one attached hydrogen (secondary N) is 2. The van der Waals surface area contributed by atoms with Gasteiger partial charge in [-0.2, -0.15) is 5.26 Å². The highest BCUT2D eigenvalue weighted by atomic mass is 16.5. The van der Waals surface area contributed by atoms with Crippen molar-refractivity contribution in [3.8, 4) is 23.3 Å². The molecule has 2 aromatic rings. The third-order valence-electron chi connectivity index (χ3n) is 5.57. The van der Waals surface area contributed by atoms with Crippen LogP contribution in [0, 0.1) is 22.8 Å². The molecule has 2 N–H and O–H groups in total. The van der Waals surface area contributed by atoms with Crippen molar-refractivity contribution in [2.24, 2.45) is 16.3 Å². The van der Waals surface area contributed by atoms with Crippen molar-refractivity contribution in [1.29, 1.82) is 5.26 Å². The summed E-state index contributed by atoms with van der Waals surface area (Å²) in [6, 6.07) is 5.85. The first-order valence-corrected chi connectivity index (χ1v) is 9.97. The second-order valence-electron chi connectivity index (χ2n) is 8.49. The second kappa shape index (κ2) is 8.99. The molecule has 1 saturated carbocycles. The molecule has 29 heavy (non-hydrogen) atoms. The predicted molar refractivity (Wildman–Crippen MR) is 113 cm³/mol. The molecule has 154 valence electrons. The first-order chi connectivity index (χ1) is 13.9. The Morgan fingerprint density at radius 1 is 1.28 bits per heavy atom. The van der Waals surface area contributed by atoms with Crippen molar-refractivity contribution >= 4 is 11.6 Å². The molecule has 1 heterocycles. The lowest BCUT2D eigenvalue weighted by Crippen LogP contribution is -2.31. The van der Waals surface area contributed by atoms with Crippen LogP contribution in [0.3, 0.4) is 0 Å². The predicted octanol–water partition coefficient (Wildman–Crippen LogP) is 4.79. The molecular weight excluding hydrogens is 366 g/mol. The lowest BCUT2D eigenvalue weighted by molar-refractivity contribution is 0.170. The van der Waals surface area contributed by atoms with Crippen molar-refractivity contribution in [2.45, 2.75) is 52.5 Å². The van der Waals surface area contributed by atoms with Crippen molar-refractivity contribution in [3.05, 3.63) is 30.8 Å². The van der Waals surface area contributed by atoms with E-state index >= 15 is 0 Å². The maximum Gasteiger partial charge on any atom is 0.209 e. The summed E-state index contributed by atoms with van der Waals surface area (Å²) in [5, 5.41) is 15.0. The van der Waals surface area contributed by atoms with Crippen LogP contribution in [0.2, 0.25) is 0 Å². The van der Waals surface area contributed by atoms with Crippen LogP contribution in [0.15, 0.2) is 40.2 Å². The molecule has 1 aromatic carbocycles. The summed E-state index contributed by atoms with van der Waals surface area (Å²) in [5.41, 5.74) is 1.92. The van der Waals surface area contributed by atoms with Gasteiger partial charge in [-0.25, -0.2) is 9.98 Å². The number of anilines is 1. The van der Waals surface area contributed by atoms with Crippen LogP contribution in [0.1, 0.15) is 46.5 Å². The molecule has 3 rings (SSSR count). The van der Waals surface area contributed by atoms with E-state index in [0.717, 1.165) is 42.9 Å². The molecule has 0 spiro atoms. The molecule has 7 heteroatoms. The van der Waals surface area contributed by atoms with E-state index < -0.39 is 0 Å². The van der Waals surface area contributed by atoms with Crippen LogP contribution in [0.25, 0.3) is 11.3 Å². The molecular formula is C22H29N5O2. The van der Waals surface area contributed by atoms with Gasteiger partial charge in [0, 0.05) is 11.8 Å². The van der Waals surface area contributed by atoms with E-state index in [9.17, 15) is 0 Å². The maximum atomic E-state index is 9.14. The number of oxazole rings is 1. The average molecular weight is 396 g/mol. The SMILES string of the molecule is COc1cc(NC(=NC2CCC(C(C)(C)C)CC2)NC#N)ccc1-c1cnco1. The van der Waals surface area contributed by atoms with Gasteiger partial charge in [-0.3, -0.25) is 5.32 Å². The average Bonchev–Trinajstić information content (AvgIpc) is 3.22. The van der Waals surface area contributed by atoms with Crippen LogP contribution in [0.5, 0.6) is 5.75 Å². The fraction of sp³-hybridized carbons (Fsp3) is 0.500. The molecule has 0 bridgehead atoms. The highest BCUT2D eigenvalue weighted by Crippen LogP contribution is 2.38. The van der Waals surface area contributed by atoms with Crippen LogP contribution in [0.4, 0.5) is 5.69 Å². The van der Waals surface area contributed by atoms with E-state index in [2.05, 4.69) is 36.4 Å². The van der Waals surface area contributed by atoms with Gasteiger partial charge in [0.25, 0.3) is 0 Å².